The van der Waals surface area contributed by atoms with Gasteiger partial charge in [-0.1, -0.05) is 12.1 Å². The smallest absolute Gasteiger partial charge is 0.191 e. The molecular formula is C20H34IN3O2. The van der Waals surface area contributed by atoms with Crippen molar-refractivity contribution in [1.29, 1.82) is 0 Å². The zero-order valence-corrected chi connectivity index (χ0v) is 18.7. The van der Waals surface area contributed by atoms with Crippen molar-refractivity contribution in [2.24, 2.45) is 10.9 Å². The topological polar surface area (TPSA) is 54.9 Å². The highest BCUT2D eigenvalue weighted by Gasteiger charge is 2.22. The first-order valence-electron chi connectivity index (χ1n) is 9.55. The molecule has 1 aliphatic carbocycles. The van der Waals surface area contributed by atoms with Crippen LogP contribution in [0.5, 0.6) is 5.75 Å². The molecule has 1 aliphatic rings. The maximum absolute atomic E-state index is 6.03. The van der Waals surface area contributed by atoms with Gasteiger partial charge in [-0.2, -0.15) is 0 Å². The van der Waals surface area contributed by atoms with Crippen molar-refractivity contribution in [2.75, 3.05) is 32.9 Å². The summed E-state index contributed by atoms with van der Waals surface area (Å²) in [6.45, 7) is 10.9. The van der Waals surface area contributed by atoms with Crippen LogP contribution in [0.3, 0.4) is 0 Å². The van der Waals surface area contributed by atoms with Crippen molar-refractivity contribution < 1.29 is 9.47 Å². The molecule has 0 atom stereocenters. The number of ether oxygens (including phenoxy) is 2. The molecule has 5 nitrogen and oxygen atoms in total. The Labute approximate surface area is 175 Å². The minimum atomic E-state index is 0. The summed E-state index contributed by atoms with van der Waals surface area (Å²) in [4.78, 5) is 4.71. The number of hydrogen-bond acceptors (Lipinski definition) is 3. The second kappa shape index (κ2) is 13.2. The van der Waals surface area contributed by atoms with Crippen LogP contribution in [-0.4, -0.2) is 38.9 Å². The zero-order chi connectivity index (χ0) is 17.9. The van der Waals surface area contributed by atoms with Crippen molar-refractivity contribution >= 4 is 29.9 Å². The lowest BCUT2D eigenvalue weighted by Crippen LogP contribution is -2.38. The number of aliphatic imine (C=N–C) groups is 1. The van der Waals surface area contributed by atoms with E-state index in [4.69, 9.17) is 14.5 Å². The number of rotatable bonds is 11. The third-order valence-corrected chi connectivity index (χ3v) is 4.11. The van der Waals surface area contributed by atoms with E-state index in [0.717, 1.165) is 62.5 Å². The summed E-state index contributed by atoms with van der Waals surface area (Å²) in [5, 5.41) is 6.65. The van der Waals surface area contributed by atoms with Crippen molar-refractivity contribution in [2.45, 2.75) is 46.6 Å². The SMILES string of the molecule is CCNC(=NCc1ccc(C)cc1OCC1CC1)NCCCOCC.I. The fourth-order valence-electron chi connectivity index (χ4n) is 2.45. The summed E-state index contributed by atoms with van der Waals surface area (Å²) >= 11 is 0. The fourth-order valence-corrected chi connectivity index (χ4v) is 2.45. The third-order valence-electron chi connectivity index (χ3n) is 4.11. The Bertz CT molecular complexity index is 548. The van der Waals surface area contributed by atoms with Gasteiger partial charge in [0.1, 0.15) is 5.75 Å². The molecule has 148 valence electrons. The molecule has 1 fully saturated rings. The molecule has 0 aliphatic heterocycles. The van der Waals surface area contributed by atoms with Crippen molar-refractivity contribution in [3.05, 3.63) is 29.3 Å². The normalized spacial score (nSPS) is 13.9. The molecular weight excluding hydrogens is 441 g/mol. The average molecular weight is 475 g/mol. The van der Waals surface area contributed by atoms with Gasteiger partial charge in [0, 0.05) is 31.9 Å². The van der Waals surface area contributed by atoms with E-state index in [-0.39, 0.29) is 24.0 Å². The maximum Gasteiger partial charge on any atom is 0.191 e. The summed E-state index contributed by atoms with van der Waals surface area (Å²) in [7, 11) is 0. The zero-order valence-electron chi connectivity index (χ0n) is 16.3. The standard InChI is InChI=1S/C20H33N3O2.HI/c1-4-21-20(22-11-6-12-24-5-2)23-14-18-10-7-16(3)13-19(18)25-15-17-8-9-17;/h7,10,13,17H,4-6,8-9,11-12,14-15H2,1-3H3,(H2,21,22,23);1H. The van der Waals surface area contributed by atoms with Crippen LogP contribution in [-0.2, 0) is 11.3 Å². The van der Waals surface area contributed by atoms with E-state index in [1.165, 1.54) is 18.4 Å². The van der Waals surface area contributed by atoms with Gasteiger partial charge in [-0.15, -0.1) is 24.0 Å². The van der Waals surface area contributed by atoms with Gasteiger partial charge >= 0.3 is 0 Å². The first-order chi connectivity index (χ1) is 12.2. The van der Waals surface area contributed by atoms with E-state index < -0.39 is 0 Å². The Balaban J connectivity index is 0.00000338. The highest BCUT2D eigenvalue weighted by atomic mass is 127. The molecule has 1 saturated carbocycles. The van der Waals surface area contributed by atoms with Crippen LogP contribution in [0.25, 0.3) is 0 Å². The molecule has 0 heterocycles. The van der Waals surface area contributed by atoms with Crippen LogP contribution < -0.4 is 15.4 Å². The number of nitrogens with one attached hydrogen (secondary N) is 2. The monoisotopic (exact) mass is 475 g/mol. The molecule has 2 rings (SSSR count). The highest BCUT2D eigenvalue weighted by Crippen LogP contribution is 2.30. The summed E-state index contributed by atoms with van der Waals surface area (Å²) in [5.74, 6) is 2.57. The molecule has 6 heteroatoms. The summed E-state index contributed by atoms with van der Waals surface area (Å²) in [6.07, 6.45) is 3.57. The van der Waals surface area contributed by atoms with Gasteiger partial charge in [0.25, 0.3) is 0 Å². The van der Waals surface area contributed by atoms with Crippen LogP contribution in [0.15, 0.2) is 23.2 Å². The first-order valence-corrected chi connectivity index (χ1v) is 9.55. The van der Waals surface area contributed by atoms with Gasteiger partial charge in [-0.05, 0) is 57.6 Å². The lowest BCUT2D eigenvalue weighted by molar-refractivity contribution is 0.145. The number of nitrogens with zero attached hydrogens (tertiary/aromatic N) is 1. The molecule has 0 aromatic heterocycles. The van der Waals surface area contributed by atoms with Crippen LogP contribution in [0.2, 0.25) is 0 Å². The molecule has 0 amide bonds. The van der Waals surface area contributed by atoms with E-state index in [1.807, 2.05) is 6.92 Å². The Morgan fingerprint density at radius 3 is 2.73 bits per heavy atom. The number of hydrogen-bond donors (Lipinski definition) is 2. The molecule has 0 unspecified atom stereocenters. The Kier molecular flexibility index (Phi) is 11.7. The highest BCUT2D eigenvalue weighted by molar-refractivity contribution is 14.0. The quantitative estimate of drug-likeness (QED) is 0.221. The van der Waals surface area contributed by atoms with Gasteiger partial charge < -0.3 is 20.1 Å². The van der Waals surface area contributed by atoms with Gasteiger partial charge in [0.05, 0.1) is 13.2 Å². The fraction of sp³-hybridized carbons (Fsp3) is 0.650. The lowest BCUT2D eigenvalue weighted by atomic mass is 10.1. The van der Waals surface area contributed by atoms with E-state index >= 15 is 0 Å². The number of benzene rings is 1. The first kappa shape index (κ1) is 23.0. The minimum Gasteiger partial charge on any atom is -0.493 e. The second-order valence-electron chi connectivity index (χ2n) is 6.54. The van der Waals surface area contributed by atoms with Crippen LogP contribution in [0.1, 0.15) is 44.2 Å². The molecule has 2 N–H and O–H groups in total. The largest absolute Gasteiger partial charge is 0.493 e. The maximum atomic E-state index is 6.03. The molecule has 0 radical (unpaired) electrons. The Morgan fingerprint density at radius 1 is 1.23 bits per heavy atom. The van der Waals surface area contributed by atoms with Crippen molar-refractivity contribution in [3.63, 3.8) is 0 Å². The van der Waals surface area contributed by atoms with Gasteiger partial charge in [-0.3, -0.25) is 0 Å². The van der Waals surface area contributed by atoms with E-state index in [1.54, 1.807) is 0 Å². The summed E-state index contributed by atoms with van der Waals surface area (Å²) < 4.78 is 11.4. The predicted molar refractivity (Wildman–Crippen MR) is 119 cm³/mol. The average Bonchev–Trinajstić information content (AvgIpc) is 3.43. The van der Waals surface area contributed by atoms with Crippen molar-refractivity contribution in [1.82, 2.24) is 10.6 Å². The van der Waals surface area contributed by atoms with Gasteiger partial charge in [0.2, 0.25) is 0 Å². The van der Waals surface area contributed by atoms with E-state index in [9.17, 15) is 0 Å². The number of aryl methyl sites for hydroxylation is 1. The van der Waals surface area contributed by atoms with Crippen LogP contribution in [0, 0.1) is 12.8 Å². The molecule has 26 heavy (non-hydrogen) atoms. The third kappa shape index (κ3) is 9.07. The molecule has 1 aromatic carbocycles. The minimum absolute atomic E-state index is 0. The van der Waals surface area contributed by atoms with Crippen molar-refractivity contribution in [3.8, 4) is 5.75 Å². The predicted octanol–water partition coefficient (Wildman–Crippen LogP) is 3.88. The van der Waals surface area contributed by atoms with Crippen LogP contribution in [0.4, 0.5) is 0 Å². The Morgan fingerprint density at radius 2 is 2.04 bits per heavy atom. The lowest BCUT2D eigenvalue weighted by Gasteiger charge is -2.13. The summed E-state index contributed by atoms with van der Waals surface area (Å²) in [6, 6.07) is 6.37. The molecule has 0 spiro atoms. The second-order valence-corrected chi connectivity index (χ2v) is 6.54. The van der Waals surface area contributed by atoms with Crippen LogP contribution >= 0.6 is 24.0 Å². The summed E-state index contributed by atoms with van der Waals surface area (Å²) in [5.41, 5.74) is 2.36. The molecule has 0 saturated heterocycles. The van der Waals surface area contributed by atoms with E-state index in [2.05, 4.69) is 42.7 Å². The van der Waals surface area contributed by atoms with Gasteiger partial charge in [0.15, 0.2) is 5.96 Å². The molecule has 1 aromatic rings. The van der Waals surface area contributed by atoms with Gasteiger partial charge in [-0.25, -0.2) is 4.99 Å². The number of halogens is 1. The molecule has 0 bridgehead atoms. The van der Waals surface area contributed by atoms with E-state index in [0.29, 0.717) is 6.54 Å². The number of guanidine groups is 1. The Hall–Kier alpha value is -1.02.